The van der Waals surface area contributed by atoms with Crippen molar-refractivity contribution in [3.8, 4) is 5.75 Å². The molecule has 2 aromatic carbocycles. The van der Waals surface area contributed by atoms with E-state index in [1.165, 1.54) is 12.1 Å². The molecule has 0 spiro atoms. The van der Waals surface area contributed by atoms with E-state index in [0.29, 0.717) is 49.9 Å². The van der Waals surface area contributed by atoms with E-state index in [1.807, 2.05) is 11.8 Å². The molecule has 8 nitrogen and oxygen atoms in total. The van der Waals surface area contributed by atoms with Gasteiger partial charge in [-0.1, -0.05) is 0 Å². The fraction of sp³-hybridized carbons (Fsp3) is 0.333. The lowest BCUT2D eigenvalue weighted by Gasteiger charge is -2.36. The van der Waals surface area contributed by atoms with E-state index >= 15 is 0 Å². The number of tetrazole rings is 1. The number of halogens is 1. The first-order valence-corrected chi connectivity index (χ1v) is 9.91. The number of benzene rings is 2. The Hall–Kier alpha value is -3.49. The molecule has 156 valence electrons. The van der Waals surface area contributed by atoms with Crippen molar-refractivity contribution >= 4 is 11.6 Å². The minimum Gasteiger partial charge on any atom is -0.486 e. The van der Waals surface area contributed by atoms with Gasteiger partial charge in [0.15, 0.2) is 5.82 Å². The number of ether oxygens (including phenoxy) is 1. The monoisotopic (exact) mass is 410 g/mol. The third kappa shape index (κ3) is 4.40. The molecule has 0 aliphatic carbocycles. The molecule has 4 rings (SSSR count). The van der Waals surface area contributed by atoms with Crippen molar-refractivity contribution in [3.05, 3.63) is 65.7 Å². The maximum atomic E-state index is 13.1. The summed E-state index contributed by atoms with van der Waals surface area (Å²) in [5.74, 6) is 1.05. The van der Waals surface area contributed by atoms with Gasteiger partial charge in [-0.2, -0.15) is 0 Å². The highest BCUT2D eigenvalue weighted by atomic mass is 19.1. The van der Waals surface area contributed by atoms with Gasteiger partial charge in [0.25, 0.3) is 5.91 Å². The molecule has 0 bridgehead atoms. The summed E-state index contributed by atoms with van der Waals surface area (Å²) in [5.41, 5.74) is 1.59. The molecular formula is C21H23FN6O2. The second kappa shape index (κ2) is 8.89. The molecule has 2 heterocycles. The van der Waals surface area contributed by atoms with Gasteiger partial charge < -0.3 is 14.5 Å². The molecule has 1 aliphatic rings. The largest absolute Gasteiger partial charge is 0.486 e. The molecule has 0 atom stereocenters. The summed E-state index contributed by atoms with van der Waals surface area (Å²) in [5, 5.41) is 11.4. The third-order valence-corrected chi connectivity index (χ3v) is 5.13. The predicted octanol–water partition coefficient (Wildman–Crippen LogP) is 2.37. The van der Waals surface area contributed by atoms with E-state index in [4.69, 9.17) is 4.74 Å². The summed E-state index contributed by atoms with van der Waals surface area (Å²) in [6.07, 6.45) is 0. The maximum absolute atomic E-state index is 13.1. The van der Waals surface area contributed by atoms with Crippen LogP contribution in [-0.2, 0) is 13.2 Å². The molecule has 1 fully saturated rings. The SMILES string of the molecule is CCn1nnnc1COc1ccc(C(=O)N2CCN(c3ccc(F)cc3)CC2)cc1. The van der Waals surface area contributed by atoms with Crippen molar-refractivity contribution in [1.82, 2.24) is 25.1 Å². The number of carbonyl (C=O) groups is 1. The van der Waals surface area contributed by atoms with Crippen LogP contribution in [0.4, 0.5) is 10.1 Å². The van der Waals surface area contributed by atoms with Crippen molar-refractivity contribution in [2.45, 2.75) is 20.1 Å². The Morgan fingerprint density at radius 2 is 1.73 bits per heavy atom. The van der Waals surface area contributed by atoms with Gasteiger partial charge >= 0.3 is 0 Å². The van der Waals surface area contributed by atoms with Crippen LogP contribution in [-0.4, -0.2) is 57.2 Å². The minimum absolute atomic E-state index is 0.00441. The first kappa shape index (κ1) is 19.8. The van der Waals surface area contributed by atoms with Crippen LogP contribution in [0.15, 0.2) is 48.5 Å². The van der Waals surface area contributed by atoms with Gasteiger partial charge in [-0.15, -0.1) is 5.10 Å². The quantitative estimate of drug-likeness (QED) is 0.621. The molecular weight excluding hydrogens is 387 g/mol. The van der Waals surface area contributed by atoms with Crippen molar-refractivity contribution < 1.29 is 13.9 Å². The lowest BCUT2D eigenvalue weighted by atomic mass is 10.1. The van der Waals surface area contributed by atoms with Gasteiger partial charge in [0.2, 0.25) is 0 Å². The van der Waals surface area contributed by atoms with Crippen LogP contribution in [0.5, 0.6) is 5.75 Å². The van der Waals surface area contributed by atoms with E-state index in [-0.39, 0.29) is 18.3 Å². The van der Waals surface area contributed by atoms with Crippen molar-refractivity contribution in [2.24, 2.45) is 0 Å². The van der Waals surface area contributed by atoms with Crippen LogP contribution in [0.2, 0.25) is 0 Å². The first-order chi connectivity index (χ1) is 14.6. The second-order valence-electron chi connectivity index (χ2n) is 6.98. The van der Waals surface area contributed by atoms with Crippen LogP contribution >= 0.6 is 0 Å². The summed E-state index contributed by atoms with van der Waals surface area (Å²) >= 11 is 0. The Kier molecular flexibility index (Phi) is 5.87. The van der Waals surface area contributed by atoms with E-state index in [0.717, 1.165) is 5.69 Å². The number of nitrogens with zero attached hydrogens (tertiary/aromatic N) is 6. The number of aryl methyl sites for hydroxylation is 1. The summed E-state index contributed by atoms with van der Waals surface area (Å²) in [7, 11) is 0. The Balaban J connectivity index is 1.31. The molecule has 30 heavy (non-hydrogen) atoms. The zero-order valence-corrected chi connectivity index (χ0v) is 16.7. The zero-order chi connectivity index (χ0) is 20.9. The number of amides is 1. The van der Waals surface area contributed by atoms with Crippen molar-refractivity contribution in [2.75, 3.05) is 31.1 Å². The third-order valence-electron chi connectivity index (χ3n) is 5.13. The zero-order valence-electron chi connectivity index (χ0n) is 16.7. The fourth-order valence-electron chi connectivity index (χ4n) is 3.42. The molecule has 0 N–H and O–H groups in total. The van der Waals surface area contributed by atoms with Gasteiger partial charge in [0, 0.05) is 44.0 Å². The van der Waals surface area contributed by atoms with E-state index in [9.17, 15) is 9.18 Å². The van der Waals surface area contributed by atoms with E-state index < -0.39 is 0 Å². The molecule has 3 aromatic rings. The molecule has 9 heteroatoms. The number of anilines is 1. The van der Waals surface area contributed by atoms with Crippen LogP contribution in [0.1, 0.15) is 23.1 Å². The predicted molar refractivity (Wildman–Crippen MR) is 109 cm³/mol. The normalized spacial score (nSPS) is 14.1. The topological polar surface area (TPSA) is 76.4 Å². The Labute approximate surface area is 173 Å². The average Bonchev–Trinajstić information content (AvgIpc) is 3.26. The standard InChI is InChI=1S/C21H23FN6O2/c1-2-28-20(23-24-25-28)15-30-19-9-3-16(4-10-19)21(29)27-13-11-26(12-14-27)18-7-5-17(22)6-8-18/h3-10H,2,11-15H2,1H3. The number of aromatic nitrogens is 4. The van der Waals surface area contributed by atoms with E-state index in [2.05, 4.69) is 20.4 Å². The van der Waals surface area contributed by atoms with Gasteiger partial charge in [-0.05, 0) is 65.9 Å². The molecule has 0 unspecified atom stereocenters. The summed E-state index contributed by atoms with van der Waals surface area (Å²) in [6, 6.07) is 13.6. The molecule has 0 saturated carbocycles. The highest BCUT2D eigenvalue weighted by molar-refractivity contribution is 5.94. The highest BCUT2D eigenvalue weighted by Crippen LogP contribution is 2.19. The number of hydrogen-bond donors (Lipinski definition) is 0. The van der Waals surface area contributed by atoms with Crippen molar-refractivity contribution in [3.63, 3.8) is 0 Å². The molecule has 1 amide bonds. The number of carbonyl (C=O) groups excluding carboxylic acids is 1. The molecule has 1 aliphatic heterocycles. The maximum Gasteiger partial charge on any atom is 0.253 e. The number of hydrogen-bond acceptors (Lipinski definition) is 6. The van der Waals surface area contributed by atoms with Gasteiger partial charge in [-0.25, -0.2) is 9.07 Å². The molecule has 0 radical (unpaired) electrons. The van der Waals surface area contributed by atoms with Crippen molar-refractivity contribution in [1.29, 1.82) is 0 Å². The van der Waals surface area contributed by atoms with Crippen LogP contribution < -0.4 is 9.64 Å². The van der Waals surface area contributed by atoms with Gasteiger partial charge in [-0.3, -0.25) is 4.79 Å². The van der Waals surface area contributed by atoms with Crippen LogP contribution in [0.3, 0.4) is 0 Å². The lowest BCUT2D eigenvalue weighted by Crippen LogP contribution is -2.48. The first-order valence-electron chi connectivity index (χ1n) is 9.91. The second-order valence-corrected chi connectivity index (χ2v) is 6.98. The van der Waals surface area contributed by atoms with Gasteiger partial charge in [0.05, 0.1) is 0 Å². The summed E-state index contributed by atoms with van der Waals surface area (Å²) < 4.78 is 20.5. The minimum atomic E-state index is -0.246. The average molecular weight is 410 g/mol. The highest BCUT2D eigenvalue weighted by Gasteiger charge is 2.22. The van der Waals surface area contributed by atoms with Crippen LogP contribution in [0, 0.1) is 5.82 Å². The Morgan fingerprint density at radius 3 is 2.40 bits per heavy atom. The molecule has 1 saturated heterocycles. The number of piperazine rings is 1. The lowest BCUT2D eigenvalue weighted by molar-refractivity contribution is 0.0746. The van der Waals surface area contributed by atoms with Crippen LogP contribution in [0.25, 0.3) is 0 Å². The summed E-state index contributed by atoms with van der Waals surface area (Å²) in [4.78, 5) is 16.8. The number of rotatable bonds is 6. The fourth-order valence-corrected chi connectivity index (χ4v) is 3.42. The molecule has 1 aromatic heterocycles. The Morgan fingerprint density at radius 1 is 1.03 bits per heavy atom. The van der Waals surface area contributed by atoms with Gasteiger partial charge in [0.1, 0.15) is 18.2 Å². The summed E-state index contributed by atoms with van der Waals surface area (Å²) in [6.45, 7) is 5.56. The smallest absolute Gasteiger partial charge is 0.253 e. The Bertz CT molecular complexity index is 981. The van der Waals surface area contributed by atoms with E-state index in [1.54, 1.807) is 41.1 Å².